The summed E-state index contributed by atoms with van der Waals surface area (Å²) in [7, 11) is 0. The van der Waals surface area contributed by atoms with Gasteiger partial charge in [0.15, 0.2) is 0 Å². The van der Waals surface area contributed by atoms with Crippen molar-refractivity contribution < 1.29 is 19.1 Å². The number of para-hydroxylation sites is 1. The Balaban J connectivity index is 1.51. The predicted molar refractivity (Wildman–Crippen MR) is 143 cm³/mol. The molecule has 1 aliphatic carbocycles. The number of carbonyl (C=O) groups excluding carboxylic acids is 3. The molecule has 0 unspecified atom stereocenters. The SMILES string of the molecule is CC1(C)CC(=O)n2c(c(-c3ccc(C(N)=O)c(N[C@H]4CC[C@H](OC(=O)CN)CC4)c3)c3ccccc32)C1. The van der Waals surface area contributed by atoms with Crippen molar-refractivity contribution in [3.63, 3.8) is 0 Å². The van der Waals surface area contributed by atoms with Crippen molar-refractivity contribution in [2.24, 2.45) is 16.9 Å². The van der Waals surface area contributed by atoms with Crippen LogP contribution in [0.5, 0.6) is 0 Å². The molecule has 1 aliphatic heterocycles. The average Bonchev–Trinajstić information content (AvgIpc) is 3.18. The fourth-order valence-electron chi connectivity index (χ4n) is 5.88. The second kappa shape index (κ2) is 9.67. The fourth-order valence-corrected chi connectivity index (χ4v) is 5.88. The van der Waals surface area contributed by atoms with E-state index in [2.05, 4.69) is 25.2 Å². The molecule has 2 heterocycles. The molecule has 8 heteroatoms. The Morgan fingerprint density at radius 1 is 1.08 bits per heavy atom. The van der Waals surface area contributed by atoms with Crippen LogP contribution in [0.1, 0.15) is 66.8 Å². The monoisotopic (exact) mass is 502 g/mol. The highest BCUT2D eigenvalue weighted by molar-refractivity contribution is 6.06. The Morgan fingerprint density at radius 3 is 2.51 bits per heavy atom. The van der Waals surface area contributed by atoms with E-state index >= 15 is 0 Å². The summed E-state index contributed by atoms with van der Waals surface area (Å²) in [6.07, 6.45) is 4.17. The standard InChI is InChI=1S/C29H34N4O4/c1-29(2)14-24-27(21-5-3-4-6-23(21)33(24)25(34)15-29)17-7-12-20(28(31)36)22(13-17)32-18-8-10-19(11-9-18)37-26(35)16-30/h3-7,12-13,18-19,32H,8-11,14-16,30H2,1-2H3,(H2,31,36)/t18-,19-. The number of hydrogen-bond donors (Lipinski definition) is 3. The molecule has 2 aliphatic rings. The lowest BCUT2D eigenvalue weighted by Gasteiger charge is -2.31. The lowest BCUT2D eigenvalue weighted by atomic mass is 9.80. The zero-order valence-corrected chi connectivity index (χ0v) is 21.4. The van der Waals surface area contributed by atoms with E-state index in [0.29, 0.717) is 17.7 Å². The van der Waals surface area contributed by atoms with Gasteiger partial charge in [-0.05, 0) is 61.3 Å². The van der Waals surface area contributed by atoms with Gasteiger partial charge < -0.3 is 21.5 Å². The van der Waals surface area contributed by atoms with Crippen molar-refractivity contribution in [3.05, 3.63) is 53.7 Å². The number of benzene rings is 2. The number of ether oxygens (including phenoxy) is 1. The largest absolute Gasteiger partial charge is 0.461 e. The van der Waals surface area contributed by atoms with E-state index in [4.69, 9.17) is 16.2 Å². The molecule has 5 rings (SSSR count). The van der Waals surface area contributed by atoms with Gasteiger partial charge >= 0.3 is 5.97 Å². The Hall–Kier alpha value is -3.65. The lowest BCUT2D eigenvalue weighted by molar-refractivity contribution is -0.148. The fraction of sp³-hybridized carbons (Fsp3) is 0.414. The molecule has 194 valence electrons. The van der Waals surface area contributed by atoms with Crippen molar-refractivity contribution in [3.8, 4) is 11.1 Å². The number of esters is 1. The van der Waals surface area contributed by atoms with Crippen LogP contribution in [-0.2, 0) is 16.0 Å². The van der Waals surface area contributed by atoms with Gasteiger partial charge in [0, 0.05) is 34.8 Å². The number of fused-ring (bicyclic) bond motifs is 3. The number of hydrogen-bond acceptors (Lipinski definition) is 6. The first-order valence-corrected chi connectivity index (χ1v) is 12.9. The van der Waals surface area contributed by atoms with E-state index in [0.717, 1.165) is 59.8 Å². The van der Waals surface area contributed by atoms with E-state index in [9.17, 15) is 14.4 Å². The number of nitrogens with one attached hydrogen (secondary N) is 1. The van der Waals surface area contributed by atoms with Crippen LogP contribution in [0.15, 0.2) is 42.5 Å². The molecule has 1 amide bonds. The van der Waals surface area contributed by atoms with E-state index in [-0.39, 0.29) is 36.0 Å². The molecule has 3 aromatic rings. The van der Waals surface area contributed by atoms with Crippen LogP contribution in [0.3, 0.4) is 0 Å². The second-order valence-electron chi connectivity index (χ2n) is 11.0. The molecule has 0 spiro atoms. The van der Waals surface area contributed by atoms with Crippen molar-refractivity contribution in [2.45, 2.75) is 64.5 Å². The minimum atomic E-state index is -0.500. The third-order valence-corrected chi connectivity index (χ3v) is 7.57. The van der Waals surface area contributed by atoms with Crippen LogP contribution in [0.4, 0.5) is 5.69 Å². The number of aromatic nitrogens is 1. The zero-order chi connectivity index (χ0) is 26.3. The van der Waals surface area contributed by atoms with Gasteiger partial charge in [0.25, 0.3) is 5.91 Å². The zero-order valence-electron chi connectivity index (χ0n) is 21.4. The average molecular weight is 503 g/mol. The molecule has 0 saturated heterocycles. The third-order valence-electron chi connectivity index (χ3n) is 7.57. The smallest absolute Gasteiger partial charge is 0.319 e. The maximum Gasteiger partial charge on any atom is 0.319 e. The topological polar surface area (TPSA) is 129 Å². The summed E-state index contributed by atoms with van der Waals surface area (Å²) in [6.45, 7) is 4.13. The van der Waals surface area contributed by atoms with Crippen LogP contribution in [0.2, 0.25) is 0 Å². The Morgan fingerprint density at radius 2 is 1.81 bits per heavy atom. The summed E-state index contributed by atoms with van der Waals surface area (Å²) in [5, 5.41) is 4.55. The number of nitrogens with two attached hydrogens (primary N) is 2. The predicted octanol–water partition coefficient (Wildman–Crippen LogP) is 4.24. The molecular formula is C29H34N4O4. The van der Waals surface area contributed by atoms with Gasteiger partial charge in [-0.3, -0.25) is 19.0 Å². The van der Waals surface area contributed by atoms with E-state index in [1.807, 2.05) is 34.9 Å². The lowest BCUT2D eigenvalue weighted by Crippen LogP contribution is -2.33. The van der Waals surface area contributed by atoms with Crippen LogP contribution < -0.4 is 16.8 Å². The van der Waals surface area contributed by atoms with Gasteiger partial charge in [-0.1, -0.05) is 38.1 Å². The number of primary amides is 1. The van der Waals surface area contributed by atoms with Crippen molar-refractivity contribution in [1.29, 1.82) is 0 Å². The van der Waals surface area contributed by atoms with Crippen LogP contribution in [0.25, 0.3) is 22.0 Å². The van der Waals surface area contributed by atoms with Gasteiger partial charge in [0.05, 0.1) is 17.6 Å². The Bertz CT molecular complexity index is 1380. The van der Waals surface area contributed by atoms with Gasteiger partial charge in [0.2, 0.25) is 5.91 Å². The maximum atomic E-state index is 13.2. The summed E-state index contributed by atoms with van der Waals surface area (Å²) in [6, 6.07) is 13.8. The number of rotatable bonds is 6. The second-order valence-corrected chi connectivity index (χ2v) is 11.0. The van der Waals surface area contributed by atoms with Crippen molar-refractivity contribution >= 4 is 34.4 Å². The van der Waals surface area contributed by atoms with Crippen LogP contribution in [0, 0.1) is 5.41 Å². The van der Waals surface area contributed by atoms with Crippen molar-refractivity contribution in [2.75, 3.05) is 11.9 Å². The molecule has 1 saturated carbocycles. The first-order valence-electron chi connectivity index (χ1n) is 12.9. The van der Waals surface area contributed by atoms with Crippen LogP contribution >= 0.6 is 0 Å². The minimum Gasteiger partial charge on any atom is -0.461 e. The summed E-state index contributed by atoms with van der Waals surface area (Å²) < 4.78 is 7.26. The molecule has 37 heavy (non-hydrogen) atoms. The normalized spacial score (nSPS) is 20.9. The Labute approximate surface area is 216 Å². The highest BCUT2D eigenvalue weighted by Gasteiger charge is 2.35. The third kappa shape index (κ3) is 4.85. The van der Waals surface area contributed by atoms with E-state index < -0.39 is 5.91 Å². The van der Waals surface area contributed by atoms with Crippen LogP contribution in [-0.4, -0.2) is 41.0 Å². The number of nitrogens with zero attached hydrogens (tertiary/aromatic N) is 1. The summed E-state index contributed by atoms with van der Waals surface area (Å²) in [5.74, 6) is -0.780. The van der Waals surface area contributed by atoms with Crippen molar-refractivity contribution in [1.82, 2.24) is 4.57 Å². The van der Waals surface area contributed by atoms with Gasteiger partial charge in [-0.15, -0.1) is 0 Å². The first kappa shape index (κ1) is 25.0. The number of amides is 1. The quantitative estimate of drug-likeness (QED) is 0.432. The molecule has 0 radical (unpaired) electrons. The summed E-state index contributed by atoms with van der Waals surface area (Å²) in [4.78, 5) is 37.0. The molecule has 1 fully saturated rings. The van der Waals surface area contributed by atoms with Gasteiger partial charge in [-0.25, -0.2) is 0 Å². The maximum absolute atomic E-state index is 13.2. The molecular weight excluding hydrogens is 468 g/mol. The summed E-state index contributed by atoms with van der Waals surface area (Å²) in [5.41, 5.74) is 15.9. The van der Waals surface area contributed by atoms with E-state index in [1.165, 1.54) is 0 Å². The minimum absolute atomic E-state index is 0.105. The highest BCUT2D eigenvalue weighted by Crippen LogP contribution is 2.43. The molecule has 8 nitrogen and oxygen atoms in total. The highest BCUT2D eigenvalue weighted by atomic mass is 16.5. The van der Waals surface area contributed by atoms with Gasteiger partial charge in [0.1, 0.15) is 6.10 Å². The molecule has 0 bridgehead atoms. The number of carbonyl (C=O) groups is 3. The summed E-state index contributed by atoms with van der Waals surface area (Å²) >= 11 is 0. The molecule has 1 aromatic heterocycles. The Kier molecular flexibility index (Phi) is 6.54. The van der Waals surface area contributed by atoms with Gasteiger partial charge in [-0.2, -0.15) is 0 Å². The molecule has 0 atom stereocenters. The molecule has 5 N–H and O–H groups in total. The first-order chi connectivity index (χ1) is 17.7. The molecule has 2 aromatic carbocycles. The number of anilines is 1. The van der Waals surface area contributed by atoms with E-state index in [1.54, 1.807) is 6.07 Å².